The van der Waals surface area contributed by atoms with Crippen molar-refractivity contribution in [2.45, 2.75) is 51.7 Å². The smallest absolute Gasteiger partial charge is 0.408 e. The molecule has 4 aromatic rings. The van der Waals surface area contributed by atoms with Gasteiger partial charge in [-0.1, -0.05) is 12.1 Å². The average Bonchev–Trinajstić information content (AvgIpc) is 3.33. The maximum Gasteiger partial charge on any atom is 0.408 e. The van der Waals surface area contributed by atoms with E-state index in [1.807, 2.05) is 6.07 Å². The molecule has 1 N–H and O–H groups in total. The van der Waals surface area contributed by atoms with Crippen molar-refractivity contribution in [2.24, 2.45) is 0 Å². The van der Waals surface area contributed by atoms with Crippen molar-refractivity contribution in [2.75, 3.05) is 13.1 Å². The number of hydrogen-bond donors (Lipinski definition) is 1. The normalized spacial score (nSPS) is 15.1. The number of benzene rings is 3. The SMILES string of the molecule is CC(C)(C)OC(=O)NCc1cc2cc(-c3ccc(C(=O)N4CCC(F)(F)CC4)cc3)cc(-c3cc(F)cc(F)c3)c2o1. The van der Waals surface area contributed by atoms with Gasteiger partial charge in [-0.3, -0.25) is 4.79 Å². The zero-order chi connectivity index (χ0) is 30.2. The molecule has 0 atom stereocenters. The molecule has 0 saturated carbocycles. The Balaban J connectivity index is 1.46. The lowest BCUT2D eigenvalue weighted by atomic mass is 9.96. The molecule has 6 nitrogen and oxygen atoms in total. The third kappa shape index (κ3) is 6.75. The number of carbonyl (C=O) groups is 2. The summed E-state index contributed by atoms with van der Waals surface area (Å²) in [6.45, 7) is 5.24. The topological polar surface area (TPSA) is 71.8 Å². The number of rotatable bonds is 5. The molecule has 220 valence electrons. The molecule has 5 rings (SSSR count). The van der Waals surface area contributed by atoms with E-state index in [9.17, 15) is 27.2 Å². The molecule has 1 aliphatic heterocycles. The first-order chi connectivity index (χ1) is 19.8. The van der Waals surface area contributed by atoms with Crippen molar-refractivity contribution < 1.29 is 36.3 Å². The number of ether oxygens (including phenoxy) is 1. The molecule has 1 saturated heterocycles. The highest BCUT2D eigenvalue weighted by molar-refractivity contribution is 5.98. The van der Waals surface area contributed by atoms with Gasteiger partial charge >= 0.3 is 6.09 Å². The summed E-state index contributed by atoms with van der Waals surface area (Å²) >= 11 is 0. The van der Waals surface area contributed by atoms with Gasteiger partial charge in [0.25, 0.3) is 11.8 Å². The fourth-order valence-electron chi connectivity index (χ4n) is 4.88. The lowest BCUT2D eigenvalue weighted by molar-refractivity contribution is -0.0494. The highest BCUT2D eigenvalue weighted by atomic mass is 19.3. The van der Waals surface area contributed by atoms with Gasteiger partial charge in [-0.25, -0.2) is 22.4 Å². The van der Waals surface area contributed by atoms with Crippen LogP contribution in [0.3, 0.4) is 0 Å². The Labute approximate surface area is 240 Å². The predicted molar refractivity (Wildman–Crippen MR) is 150 cm³/mol. The molecular weight excluding hydrogens is 552 g/mol. The molecule has 10 heteroatoms. The van der Waals surface area contributed by atoms with Gasteiger partial charge in [0, 0.05) is 48.5 Å². The molecule has 1 aliphatic rings. The number of amides is 2. The van der Waals surface area contributed by atoms with Crippen molar-refractivity contribution in [3.05, 3.63) is 83.6 Å². The van der Waals surface area contributed by atoms with Gasteiger partial charge in [0.1, 0.15) is 28.6 Å². The zero-order valence-electron chi connectivity index (χ0n) is 23.4. The molecule has 0 spiro atoms. The number of likely N-dealkylation sites (tertiary alicyclic amines) is 1. The largest absolute Gasteiger partial charge is 0.459 e. The molecule has 0 bridgehead atoms. The number of hydrogen-bond acceptors (Lipinski definition) is 4. The van der Waals surface area contributed by atoms with Crippen molar-refractivity contribution in [3.63, 3.8) is 0 Å². The van der Waals surface area contributed by atoms with Crippen LogP contribution in [0.2, 0.25) is 0 Å². The van der Waals surface area contributed by atoms with Crippen LogP contribution in [-0.2, 0) is 11.3 Å². The number of alkyl carbamates (subject to hydrolysis) is 1. The van der Waals surface area contributed by atoms with Gasteiger partial charge in [0.2, 0.25) is 0 Å². The molecular formula is C32H30F4N2O4. The molecule has 3 aromatic carbocycles. The van der Waals surface area contributed by atoms with Gasteiger partial charge in [-0.05, 0) is 79.9 Å². The van der Waals surface area contributed by atoms with E-state index < -0.39 is 29.3 Å². The lowest BCUT2D eigenvalue weighted by Crippen LogP contribution is -2.42. The number of nitrogens with one attached hydrogen (secondary N) is 1. The maximum absolute atomic E-state index is 14.2. The van der Waals surface area contributed by atoms with Crippen LogP contribution in [0.15, 0.2) is 65.1 Å². The van der Waals surface area contributed by atoms with Crippen LogP contribution in [0.25, 0.3) is 33.2 Å². The first kappa shape index (κ1) is 29.2. The minimum Gasteiger partial charge on any atom is -0.459 e. The monoisotopic (exact) mass is 582 g/mol. The number of nitrogens with zero attached hydrogens (tertiary/aromatic N) is 1. The van der Waals surface area contributed by atoms with Crippen LogP contribution in [0.1, 0.15) is 49.7 Å². The minimum absolute atomic E-state index is 0.0105. The van der Waals surface area contributed by atoms with Gasteiger partial charge < -0.3 is 19.4 Å². The van der Waals surface area contributed by atoms with Crippen LogP contribution in [0.5, 0.6) is 0 Å². The van der Waals surface area contributed by atoms with E-state index in [4.69, 9.17) is 9.15 Å². The van der Waals surface area contributed by atoms with Crippen molar-refractivity contribution >= 4 is 23.0 Å². The van der Waals surface area contributed by atoms with Gasteiger partial charge in [0.05, 0.1) is 6.54 Å². The van der Waals surface area contributed by atoms with Gasteiger partial charge in [-0.2, -0.15) is 0 Å². The molecule has 2 amide bonds. The van der Waals surface area contributed by atoms with E-state index in [0.29, 0.717) is 39.0 Å². The van der Waals surface area contributed by atoms with E-state index in [-0.39, 0.29) is 43.9 Å². The highest BCUT2D eigenvalue weighted by Crippen LogP contribution is 2.37. The molecule has 0 aliphatic carbocycles. The third-order valence-electron chi connectivity index (χ3n) is 6.89. The van der Waals surface area contributed by atoms with Crippen molar-refractivity contribution in [1.29, 1.82) is 0 Å². The summed E-state index contributed by atoms with van der Waals surface area (Å²) in [5.41, 5.74) is 2.16. The lowest BCUT2D eigenvalue weighted by Gasteiger charge is -2.31. The summed E-state index contributed by atoms with van der Waals surface area (Å²) in [4.78, 5) is 26.4. The van der Waals surface area contributed by atoms with Crippen molar-refractivity contribution in [3.8, 4) is 22.3 Å². The average molecular weight is 583 g/mol. The van der Waals surface area contributed by atoms with Crippen LogP contribution in [0.4, 0.5) is 22.4 Å². The first-order valence-corrected chi connectivity index (χ1v) is 13.5. The van der Waals surface area contributed by atoms with E-state index in [2.05, 4.69) is 5.32 Å². The second kappa shape index (κ2) is 11.2. The Morgan fingerprint density at radius 3 is 2.17 bits per heavy atom. The van der Waals surface area contributed by atoms with E-state index in [0.717, 1.165) is 6.07 Å². The highest BCUT2D eigenvalue weighted by Gasteiger charge is 2.35. The van der Waals surface area contributed by atoms with E-state index in [1.165, 1.54) is 17.0 Å². The molecule has 0 unspecified atom stereocenters. The summed E-state index contributed by atoms with van der Waals surface area (Å²) in [6, 6.07) is 15.2. The van der Waals surface area contributed by atoms with Crippen LogP contribution in [-0.4, -0.2) is 41.5 Å². The zero-order valence-corrected chi connectivity index (χ0v) is 23.4. The van der Waals surface area contributed by atoms with Crippen LogP contribution < -0.4 is 5.32 Å². The second-order valence-electron chi connectivity index (χ2n) is 11.4. The second-order valence-corrected chi connectivity index (χ2v) is 11.4. The standard InChI is InChI=1S/C32H30F4N2O4/c1-31(2,3)42-30(40)37-18-26-15-23-12-21(16-27(28(23)41-26)22-13-24(33)17-25(34)14-22)19-4-6-20(7-5-19)29(39)38-10-8-32(35,36)9-11-38/h4-7,12-17H,8-11,18H2,1-3H3,(H,37,40). The third-order valence-corrected chi connectivity index (χ3v) is 6.89. The van der Waals surface area contributed by atoms with Crippen LogP contribution >= 0.6 is 0 Å². The van der Waals surface area contributed by atoms with Crippen molar-refractivity contribution in [1.82, 2.24) is 10.2 Å². The fourth-order valence-corrected chi connectivity index (χ4v) is 4.88. The molecule has 1 fully saturated rings. The minimum atomic E-state index is -2.75. The number of piperidine rings is 1. The summed E-state index contributed by atoms with van der Waals surface area (Å²) in [6.07, 6.45) is -1.34. The maximum atomic E-state index is 14.2. The number of fused-ring (bicyclic) bond motifs is 1. The Hall–Kier alpha value is -4.34. The Bertz CT molecular complexity index is 1610. The predicted octanol–water partition coefficient (Wildman–Crippen LogP) is 7.94. The van der Waals surface area contributed by atoms with Gasteiger partial charge in [0.15, 0.2) is 0 Å². The van der Waals surface area contributed by atoms with E-state index >= 15 is 0 Å². The Morgan fingerprint density at radius 1 is 0.905 bits per heavy atom. The Morgan fingerprint density at radius 2 is 1.55 bits per heavy atom. The fraction of sp³-hybridized carbons (Fsp3) is 0.312. The summed E-state index contributed by atoms with van der Waals surface area (Å²) in [5.74, 6) is -4.17. The molecule has 42 heavy (non-hydrogen) atoms. The molecule has 2 heterocycles. The number of furan rings is 1. The van der Waals surface area contributed by atoms with Gasteiger partial charge in [-0.15, -0.1) is 0 Å². The van der Waals surface area contributed by atoms with E-state index in [1.54, 1.807) is 57.2 Å². The number of carbonyl (C=O) groups excluding carboxylic acids is 2. The summed E-state index contributed by atoms with van der Waals surface area (Å²) in [7, 11) is 0. The summed E-state index contributed by atoms with van der Waals surface area (Å²) in [5, 5.41) is 3.26. The summed E-state index contributed by atoms with van der Waals surface area (Å²) < 4.78 is 66.7. The number of alkyl halides is 2. The quantitative estimate of drug-likeness (QED) is 0.243. The number of halogens is 4. The molecule has 0 radical (unpaired) electrons. The first-order valence-electron chi connectivity index (χ1n) is 13.5. The molecule has 1 aromatic heterocycles. The Kier molecular flexibility index (Phi) is 7.74. The van der Waals surface area contributed by atoms with Crippen LogP contribution in [0, 0.1) is 11.6 Å².